The summed E-state index contributed by atoms with van der Waals surface area (Å²) >= 11 is 0. The lowest BCUT2D eigenvalue weighted by atomic mass is 10.2. The molecule has 1 rings (SSSR count). The Hall–Kier alpha value is -3.10. The minimum absolute atomic E-state index is 0.0283. The van der Waals surface area contributed by atoms with Gasteiger partial charge in [-0.05, 0) is 17.7 Å². The van der Waals surface area contributed by atoms with Gasteiger partial charge < -0.3 is 26.0 Å². The van der Waals surface area contributed by atoms with E-state index in [1.165, 1.54) is 7.05 Å². The van der Waals surface area contributed by atoms with Crippen molar-refractivity contribution in [3.8, 4) is 0 Å². The molecule has 0 aliphatic heterocycles. The fourth-order valence-electron chi connectivity index (χ4n) is 1.46. The zero-order valence-corrected chi connectivity index (χ0v) is 12.5. The van der Waals surface area contributed by atoms with E-state index in [9.17, 15) is 19.2 Å². The Kier molecular flexibility index (Phi) is 7.62. The molecule has 1 aromatic rings. The third kappa shape index (κ3) is 7.46. The largest absolute Gasteiger partial charge is 0.445 e. The highest BCUT2D eigenvalue weighted by molar-refractivity contribution is 5.93. The maximum absolute atomic E-state index is 11.4. The van der Waals surface area contributed by atoms with Gasteiger partial charge in [0.15, 0.2) is 0 Å². The minimum atomic E-state index is -0.703. The number of ether oxygens (including phenoxy) is 1. The van der Waals surface area contributed by atoms with Crippen LogP contribution in [-0.4, -0.2) is 44.5 Å². The van der Waals surface area contributed by atoms with Crippen LogP contribution in [0, 0.1) is 0 Å². The van der Waals surface area contributed by atoms with Gasteiger partial charge in [-0.2, -0.15) is 0 Å². The molecule has 0 aromatic heterocycles. The standard InChI is InChI=1S/C14H18N4O5/c1-15-12(20)7-17-14(22)23-8-10-2-4-11(5-3-10)18-13(21)6-16-9-19/h2-5,9H,6-8H2,1H3,(H,15,20)(H,16,19)(H,17,22)(H,18,21). The first-order chi connectivity index (χ1) is 11.0. The molecule has 23 heavy (non-hydrogen) atoms. The first kappa shape index (κ1) is 18.0. The molecule has 0 heterocycles. The fraction of sp³-hybridized carbons (Fsp3) is 0.286. The van der Waals surface area contributed by atoms with Crippen molar-refractivity contribution in [2.24, 2.45) is 0 Å². The summed E-state index contributed by atoms with van der Waals surface area (Å²) in [6.45, 7) is -0.241. The number of alkyl carbamates (subject to hydrolysis) is 1. The molecule has 9 nitrogen and oxygen atoms in total. The van der Waals surface area contributed by atoms with Crippen LogP contribution >= 0.6 is 0 Å². The van der Waals surface area contributed by atoms with Gasteiger partial charge in [0.1, 0.15) is 6.61 Å². The molecule has 0 aliphatic carbocycles. The molecule has 4 N–H and O–H groups in total. The molecule has 1 aromatic carbocycles. The molecule has 0 fully saturated rings. The van der Waals surface area contributed by atoms with Crippen LogP contribution in [0.25, 0.3) is 0 Å². The summed E-state index contributed by atoms with van der Waals surface area (Å²) in [7, 11) is 1.46. The van der Waals surface area contributed by atoms with E-state index in [4.69, 9.17) is 4.74 Å². The number of carbonyl (C=O) groups is 4. The average molecular weight is 322 g/mol. The van der Waals surface area contributed by atoms with Crippen LogP contribution < -0.4 is 21.3 Å². The van der Waals surface area contributed by atoms with Crippen molar-refractivity contribution in [2.75, 3.05) is 25.5 Å². The third-order valence-corrected chi connectivity index (χ3v) is 2.63. The zero-order valence-electron chi connectivity index (χ0n) is 12.5. The summed E-state index contributed by atoms with van der Waals surface area (Å²) in [5.74, 6) is -0.680. The molecule has 0 atom stereocenters. The van der Waals surface area contributed by atoms with Crippen molar-refractivity contribution in [3.05, 3.63) is 29.8 Å². The quantitative estimate of drug-likeness (QED) is 0.473. The Morgan fingerprint density at radius 1 is 1.09 bits per heavy atom. The Labute approximate surface area is 132 Å². The van der Waals surface area contributed by atoms with Gasteiger partial charge in [-0.3, -0.25) is 14.4 Å². The van der Waals surface area contributed by atoms with Crippen molar-refractivity contribution in [3.63, 3.8) is 0 Å². The van der Waals surface area contributed by atoms with E-state index in [0.717, 1.165) is 0 Å². The van der Waals surface area contributed by atoms with Crippen molar-refractivity contribution >= 4 is 30.0 Å². The number of anilines is 1. The van der Waals surface area contributed by atoms with E-state index in [1.807, 2.05) is 0 Å². The van der Waals surface area contributed by atoms with Gasteiger partial charge in [0.2, 0.25) is 18.2 Å². The monoisotopic (exact) mass is 322 g/mol. The van der Waals surface area contributed by atoms with Crippen molar-refractivity contribution in [2.45, 2.75) is 6.61 Å². The lowest BCUT2D eigenvalue weighted by Gasteiger charge is -2.08. The van der Waals surface area contributed by atoms with Gasteiger partial charge in [-0.15, -0.1) is 0 Å². The molecular weight excluding hydrogens is 304 g/mol. The van der Waals surface area contributed by atoms with Crippen molar-refractivity contribution < 1.29 is 23.9 Å². The van der Waals surface area contributed by atoms with Crippen LogP contribution in [0.2, 0.25) is 0 Å². The molecule has 0 unspecified atom stereocenters. The van der Waals surface area contributed by atoms with Gasteiger partial charge in [-0.25, -0.2) is 4.79 Å². The second-order valence-electron chi connectivity index (χ2n) is 4.35. The van der Waals surface area contributed by atoms with Crippen molar-refractivity contribution in [1.82, 2.24) is 16.0 Å². The van der Waals surface area contributed by atoms with E-state index < -0.39 is 6.09 Å². The normalized spacial score (nSPS) is 9.43. The maximum Gasteiger partial charge on any atom is 0.407 e. The van der Waals surface area contributed by atoms with E-state index >= 15 is 0 Å². The molecule has 0 saturated heterocycles. The average Bonchev–Trinajstić information content (AvgIpc) is 2.57. The molecule has 4 amide bonds. The van der Waals surface area contributed by atoms with Gasteiger partial charge in [0.25, 0.3) is 0 Å². The van der Waals surface area contributed by atoms with Crippen molar-refractivity contribution in [1.29, 1.82) is 0 Å². The Bertz CT molecular complexity index is 559. The number of rotatable bonds is 8. The number of nitrogens with one attached hydrogen (secondary N) is 4. The lowest BCUT2D eigenvalue weighted by Crippen LogP contribution is -2.35. The summed E-state index contributed by atoms with van der Waals surface area (Å²) in [5, 5.41) is 9.49. The van der Waals surface area contributed by atoms with Crippen LogP contribution in [0.15, 0.2) is 24.3 Å². The molecule has 124 valence electrons. The molecule has 0 radical (unpaired) electrons. The first-order valence-electron chi connectivity index (χ1n) is 6.72. The number of hydrogen-bond acceptors (Lipinski definition) is 5. The second-order valence-corrected chi connectivity index (χ2v) is 4.35. The number of benzene rings is 1. The van der Waals surface area contributed by atoms with Crippen LogP contribution in [0.1, 0.15) is 5.56 Å². The Morgan fingerprint density at radius 2 is 1.78 bits per heavy atom. The molecule has 0 spiro atoms. The predicted octanol–water partition coefficient (Wildman–Crippen LogP) is -0.657. The number of amides is 4. The van der Waals surface area contributed by atoms with Gasteiger partial charge in [-0.1, -0.05) is 12.1 Å². The number of likely N-dealkylation sites (N-methyl/N-ethyl adjacent to an activating group) is 1. The summed E-state index contributed by atoms with van der Waals surface area (Å²) in [4.78, 5) is 43.7. The maximum atomic E-state index is 11.4. The van der Waals surface area contributed by atoms with E-state index in [2.05, 4.69) is 21.3 Å². The predicted molar refractivity (Wildman–Crippen MR) is 81.4 cm³/mol. The first-order valence-corrected chi connectivity index (χ1v) is 6.72. The number of hydrogen-bond donors (Lipinski definition) is 4. The molecule has 0 aliphatic rings. The Balaban J connectivity index is 2.36. The highest BCUT2D eigenvalue weighted by Crippen LogP contribution is 2.10. The summed E-state index contributed by atoms with van der Waals surface area (Å²) in [5.41, 5.74) is 1.26. The van der Waals surface area contributed by atoms with Crippen LogP contribution in [0.4, 0.5) is 10.5 Å². The molecular formula is C14H18N4O5. The second kappa shape index (κ2) is 9.77. The topological polar surface area (TPSA) is 126 Å². The summed E-state index contributed by atoms with van der Waals surface area (Å²) in [6.07, 6.45) is -0.263. The van der Waals surface area contributed by atoms with E-state index in [0.29, 0.717) is 17.7 Å². The molecule has 0 bridgehead atoms. The van der Waals surface area contributed by atoms with Gasteiger partial charge in [0, 0.05) is 12.7 Å². The highest BCUT2D eigenvalue weighted by atomic mass is 16.5. The summed E-state index contributed by atoms with van der Waals surface area (Å²) < 4.78 is 4.93. The van der Waals surface area contributed by atoms with Crippen LogP contribution in [0.3, 0.4) is 0 Å². The van der Waals surface area contributed by atoms with Gasteiger partial charge in [0.05, 0.1) is 13.1 Å². The third-order valence-electron chi connectivity index (χ3n) is 2.63. The van der Waals surface area contributed by atoms with E-state index in [1.54, 1.807) is 24.3 Å². The smallest absolute Gasteiger partial charge is 0.407 e. The van der Waals surface area contributed by atoms with Crippen LogP contribution in [0.5, 0.6) is 0 Å². The van der Waals surface area contributed by atoms with E-state index in [-0.39, 0.29) is 31.5 Å². The molecule has 9 heteroatoms. The SMILES string of the molecule is CNC(=O)CNC(=O)OCc1ccc(NC(=O)CNC=O)cc1. The number of carbonyl (C=O) groups excluding carboxylic acids is 4. The molecule has 0 saturated carbocycles. The highest BCUT2D eigenvalue weighted by Gasteiger charge is 2.06. The van der Waals surface area contributed by atoms with Crippen LogP contribution in [-0.2, 0) is 25.7 Å². The van der Waals surface area contributed by atoms with Gasteiger partial charge >= 0.3 is 6.09 Å². The summed E-state index contributed by atoms with van der Waals surface area (Å²) in [6, 6.07) is 6.63. The lowest BCUT2D eigenvalue weighted by molar-refractivity contribution is -0.119. The Morgan fingerprint density at radius 3 is 2.39 bits per heavy atom. The fourth-order valence-corrected chi connectivity index (χ4v) is 1.46. The minimum Gasteiger partial charge on any atom is -0.445 e. The zero-order chi connectivity index (χ0) is 17.1.